The summed E-state index contributed by atoms with van der Waals surface area (Å²) in [6, 6.07) is 16.3. The number of ether oxygens (including phenoxy) is 2. The number of hydrogen-bond acceptors (Lipinski definition) is 5. The summed E-state index contributed by atoms with van der Waals surface area (Å²) in [6.45, 7) is 3.27. The molecule has 2 rings (SSSR count). The van der Waals surface area contributed by atoms with Crippen molar-refractivity contribution in [3.63, 3.8) is 0 Å². The van der Waals surface area contributed by atoms with Gasteiger partial charge < -0.3 is 14.8 Å². The molecular weight excluding hydrogens is 346 g/mol. The van der Waals surface area contributed by atoms with Crippen molar-refractivity contribution < 1.29 is 23.9 Å². The number of rotatable bonds is 9. The van der Waals surface area contributed by atoms with Gasteiger partial charge in [-0.1, -0.05) is 37.3 Å². The maximum Gasteiger partial charge on any atom is 0.344 e. The highest BCUT2D eigenvalue weighted by atomic mass is 16.6. The number of carbonyl (C=O) groups is 3. The van der Waals surface area contributed by atoms with Gasteiger partial charge >= 0.3 is 5.97 Å². The number of hydrogen-bond donors (Lipinski definition) is 1. The largest absolute Gasteiger partial charge is 0.482 e. The molecule has 6 heteroatoms. The third-order valence-electron chi connectivity index (χ3n) is 3.96. The van der Waals surface area contributed by atoms with Crippen molar-refractivity contribution in [2.24, 2.45) is 0 Å². The van der Waals surface area contributed by atoms with Crippen molar-refractivity contribution in [2.75, 3.05) is 19.8 Å². The Morgan fingerprint density at radius 2 is 1.63 bits per heavy atom. The minimum absolute atomic E-state index is 0.0476. The maximum atomic E-state index is 11.8. The number of carbonyl (C=O) groups excluding carboxylic acids is 3. The first kappa shape index (κ1) is 20.2. The van der Waals surface area contributed by atoms with Crippen LogP contribution in [-0.2, 0) is 14.3 Å². The molecule has 0 heterocycles. The summed E-state index contributed by atoms with van der Waals surface area (Å²) in [7, 11) is 0. The van der Waals surface area contributed by atoms with Crippen LogP contribution in [0.25, 0.3) is 0 Å². The number of ketones is 1. The second kappa shape index (κ2) is 10.1. The van der Waals surface area contributed by atoms with Gasteiger partial charge in [-0.15, -0.1) is 0 Å². The van der Waals surface area contributed by atoms with E-state index in [1.165, 1.54) is 6.92 Å². The Kier molecular flexibility index (Phi) is 7.55. The van der Waals surface area contributed by atoms with Crippen LogP contribution < -0.4 is 10.1 Å². The third-order valence-corrected chi connectivity index (χ3v) is 3.96. The molecule has 0 aliphatic rings. The Morgan fingerprint density at radius 3 is 2.26 bits per heavy atom. The van der Waals surface area contributed by atoms with Crippen molar-refractivity contribution in [3.05, 3.63) is 65.7 Å². The Labute approximate surface area is 158 Å². The van der Waals surface area contributed by atoms with E-state index in [0.29, 0.717) is 17.9 Å². The SMILES string of the molecule is CC(=O)c1ccc(OCC(=O)OCC(=O)NC[C@H](C)c2ccccc2)cc1. The summed E-state index contributed by atoms with van der Waals surface area (Å²) in [5.41, 5.74) is 1.69. The monoisotopic (exact) mass is 369 g/mol. The molecule has 0 fully saturated rings. The third kappa shape index (κ3) is 6.93. The predicted molar refractivity (Wildman–Crippen MR) is 101 cm³/mol. The molecule has 1 atom stereocenters. The smallest absolute Gasteiger partial charge is 0.344 e. The van der Waals surface area contributed by atoms with E-state index in [9.17, 15) is 14.4 Å². The molecule has 0 aliphatic carbocycles. The van der Waals surface area contributed by atoms with Crippen LogP contribution in [0.3, 0.4) is 0 Å². The summed E-state index contributed by atoms with van der Waals surface area (Å²) < 4.78 is 10.2. The van der Waals surface area contributed by atoms with Crippen molar-refractivity contribution >= 4 is 17.7 Å². The second-order valence-corrected chi connectivity index (χ2v) is 6.15. The summed E-state index contributed by atoms with van der Waals surface area (Å²) in [5, 5.41) is 2.74. The van der Waals surface area contributed by atoms with Crippen LogP contribution in [0.4, 0.5) is 0 Å². The van der Waals surface area contributed by atoms with Crippen molar-refractivity contribution in [1.82, 2.24) is 5.32 Å². The molecule has 0 spiro atoms. The topological polar surface area (TPSA) is 81.7 Å². The lowest BCUT2D eigenvalue weighted by Gasteiger charge is -2.13. The normalized spacial score (nSPS) is 11.3. The lowest BCUT2D eigenvalue weighted by molar-refractivity contribution is -0.150. The van der Waals surface area contributed by atoms with Crippen LogP contribution in [0, 0.1) is 0 Å². The quantitative estimate of drug-likeness (QED) is 0.543. The van der Waals surface area contributed by atoms with Crippen molar-refractivity contribution in [1.29, 1.82) is 0 Å². The minimum atomic E-state index is -0.642. The van der Waals surface area contributed by atoms with E-state index < -0.39 is 5.97 Å². The molecule has 1 N–H and O–H groups in total. The Balaban J connectivity index is 1.66. The summed E-state index contributed by atoms with van der Waals surface area (Å²) >= 11 is 0. The van der Waals surface area contributed by atoms with Gasteiger partial charge in [0.2, 0.25) is 0 Å². The molecule has 0 aromatic heterocycles. The van der Waals surface area contributed by atoms with E-state index in [1.54, 1.807) is 24.3 Å². The molecule has 1 amide bonds. The van der Waals surface area contributed by atoms with Gasteiger partial charge in [0.05, 0.1) is 0 Å². The van der Waals surface area contributed by atoms with Crippen molar-refractivity contribution in [2.45, 2.75) is 19.8 Å². The first-order valence-corrected chi connectivity index (χ1v) is 8.66. The molecule has 0 saturated heterocycles. The highest BCUT2D eigenvalue weighted by molar-refractivity contribution is 5.94. The van der Waals surface area contributed by atoms with Crippen molar-refractivity contribution in [3.8, 4) is 5.75 Å². The first-order chi connectivity index (χ1) is 13.0. The minimum Gasteiger partial charge on any atom is -0.482 e. The molecule has 0 radical (unpaired) electrons. The summed E-state index contributed by atoms with van der Waals surface area (Å²) in [5.74, 6) is -0.451. The summed E-state index contributed by atoms with van der Waals surface area (Å²) in [6.07, 6.45) is 0. The molecule has 0 unspecified atom stereocenters. The first-order valence-electron chi connectivity index (χ1n) is 8.66. The molecule has 27 heavy (non-hydrogen) atoms. The van der Waals surface area contributed by atoms with Gasteiger partial charge in [0.15, 0.2) is 19.0 Å². The van der Waals surface area contributed by atoms with Gasteiger partial charge in [-0.3, -0.25) is 9.59 Å². The van der Waals surface area contributed by atoms with Gasteiger partial charge in [-0.05, 0) is 42.7 Å². The van der Waals surface area contributed by atoms with Crippen LogP contribution in [0.15, 0.2) is 54.6 Å². The highest BCUT2D eigenvalue weighted by Gasteiger charge is 2.11. The molecule has 2 aromatic carbocycles. The van der Waals surface area contributed by atoms with Gasteiger partial charge in [0.25, 0.3) is 5.91 Å². The highest BCUT2D eigenvalue weighted by Crippen LogP contribution is 2.13. The summed E-state index contributed by atoms with van der Waals surface area (Å²) in [4.78, 5) is 34.7. The van der Waals surface area contributed by atoms with E-state index in [2.05, 4.69) is 5.32 Å². The Morgan fingerprint density at radius 1 is 0.963 bits per heavy atom. The lowest BCUT2D eigenvalue weighted by atomic mass is 10.0. The maximum absolute atomic E-state index is 11.8. The zero-order chi connectivity index (χ0) is 19.6. The van der Waals surface area contributed by atoms with E-state index in [0.717, 1.165) is 5.56 Å². The van der Waals surface area contributed by atoms with E-state index in [1.807, 2.05) is 37.3 Å². The fraction of sp³-hybridized carbons (Fsp3) is 0.286. The predicted octanol–water partition coefficient (Wildman–Crippen LogP) is 2.73. The van der Waals surface area contributed by atoms with Crippen LogP contribution in [0.5, 0.6) is 5.75 Å². The van der Waals surface area contributed by atoms with Gasteiger partial charge in [-0.25, -0.2) is 4.79 Å². The molecule has 0 saturated carbocycles. The van der Waals surface area contributed by atoms with Crippen LogP contribution >= 0.6 is 0 Å². The van der Waals surface area contributed by atoms with E-state index >= 15 is 0 Å². The zero-order valence-electron chi connectivity index (χ0n) is 15.4. The van der Waals surface area contributed by atoms with Gasteiger partial charge in [0.1, 0.15) is 5.75 Å². The molecule has 0 bridgehead atoms. The number of benzene rings is 2. The second-order valence-electron chi connectivity index (χ2n) is 6.15. The van der Waals surface area contributed by atoms with Gasteiger partial charge in [-0.2, -0.15) is 0 Å². The van der Waals surface area contributed by atoms with Gasteiger partial charge in [0, 0.05) is 12.1 Å². The molecule has 2 aromatic rings. The number of amides is 1. The molecule has 6 nitrogen and oxygen atoms in total. The average molecular weight is 369 g/mol. The van der Waals surface area contributed by atoms with Crippen LogP contribution in [0.1, 0.15) is 35.7 Å². The molecular formula is C21H23NO5. The average Bonchev–Trinajstić information content (AvgIpc) is 2.69. The van der Waals surface area contributed by atoms with E-state index in [4.69, 9.17) is 9.47 Å². The lowest BCUT2D eigenvalue weighted by Crippen LogP contribution is -2.32. The van der Waals surface area contributed by atoms with Crippen LogP contribution in [0.2, 0.25) is 0 Å². The Bertz CT molecular complexity index is 771. The fourth-order valence-electron chi connectivity index (χ4n) is 2.33. The van der Waals surface area contributed by atoms with E-state index in [-0.39, 0.29) is 30.8 Å². The number of nitrogens with one attached hydrogen (secondary N) is 1. The fourth-order valence-corrected chi connectivity index (χ4v) is 2.33. The number of Topliss-reactive ketones (excluding diaryl/α,β-unsaturated/α-hetero) is 1. The Hall–Kier alpha value is -3.15. The molecule has 0 aliphatic heterocycles. The zero-order valence-corrected chi connectivity index (χ0v) is 15.4. The van der Waals surface area contributed by atoms with Crippen LogP contribution in [-0.4, -0.2) is 37.4 Å². The number of esters is 1. The molecule has 142 valence electrons. The standard InChI is InChI=1S/C21H23NO5/c1-15(17-6-4-3-5-7-17)12-22-20(24)13-27-21(25)14-26-19-10-8-18(9-11-19)16(2)23/h3-11,15H,12-14H2,1-2H3,(H,22,24)/t15-/m0/s1.